The van der Waals surface area contributed by atoms with E-state index in [1.54, 1.807) is 20.8 Å². The molecule has 1 saturated heterocycles. The van der Waals surface area contributed by atoms with Gasteiger partial charge in [0.25, 0.3) is 5.91 Å². The number of anilines is 1. The molecule has 7 nitrogen and oxygen atoms in total. The summed E-state index contributed by atoms with van der Waals surface area (Å²) in [5.41, 5.74) is 4.33. The van der Waals surface area contributed by atoms with Crippen LogP contribution in [-0.2, 0) is 14.3 Å². The number of ether oxygens (including phenoxy) is 1. The lowest BCUT2D eigenvalue weighted by Crippen LogP contribution is -2.49. The second kappa shape index (κ2) is 6.33. The van der Waals surface area contributed by atoms with Gasteiger partial charge in [-0.05, 0) is 45.0 Å². The zero-order valence-corrected chi connectivity index (χ0v) is 13.1. The third kappa shape index (κ3) is 4.26. The minimum absolute atomic E-state index is 0.119. The van der Waals surface area contributed by atoms with Gasteiger partial charge < -0.3 is 4.74 Å². The number of hydrogen-bond donors (Lipinski definition) is 2. The van der Waals surface area contributed by atoms with Crippen LogP contribution >= 0.6 is 0 Å². The topological polar surface area (TPSA) is 87.7 Å². The number of hydrazine groups is 1. The van der Waals surface area contributed by atoms with Crippen LogP contribution in [0.25, 0.3) is 0 Å². The van der Waals surface area contributed by atoms with Crippen molar-refractivity contribution < 1.29 is 23.5 Å². The quantitative estimate of drug-likeness (QED) is 0.650. The summed E-state index contributed by atoms with van der Waals surface area (Å²) in [6.45, 7) is 5.10. The summed E-state index contributed by atoms with van der Waals surface area (Å²) >= 11 is 0. The van der Waals surface area contributed by atoms with Gasteiger partial charge in [-0.15, -0.1) is 0 Å². The van der Waals surface area contributed by atoms with Gasteiger partial charge in [-0.25, -0.2) is 19.5 Å². The van der Waals surface area contributed by atoms with Crippen molar-refractivity contribution in [2.75, 3.05) is 4.90 Å². The maximum atomic E-state index is 12.9. The van der Waals surface area contributed by atoms with E-state index in [0.29, 0.717) is 0 Å². The van der Waals surface area contributed by atoms with Gasteiger partial charge >= 0.3 is 6.09 Å². The third-order valence-corrected chi connectivity index (χ3v) is 2.98. The van der Waals surface area contributed by atoms with Crippen LogP contribution in [0.5, 0.6) is 0 Å². The number of imide groups is 1. The fraction of sp³-hybridized carbons (Fsp3) is 0.400. The van der Waals surface area contributed by atoms with Gasteiger partial charge in [-0.3, -0.25) is 15.0 Å². The predicted octanol–water partition coefficient (Wildman–Crippen LogP) is 1.49. The molecule has 3 amide bonds. The number of hydrogen-bond acceptors (Lipinski definition) is 5. The van der Waals surface area contributed by atoms with E-state index in [2.05, 4.69) is 10.9 Å². The zero-order valence-electron chi connectivity index (χ0n) is 13.1. The van der Waals surface area contributed by atoms with E-state index in [1.807, 2.05) is 0 Å². The maximum Gasteiger partial charge on any atom is 0.422 e. The number of carbonyl (C=O) groups is 3. The molecule has 23 heavy (non-hydrogen) atoms. The first kappa shape index (κ1) is 16.9. The number of carbonyl (C=O) groups excluding carboxylic acids is 3. The number of halogens is 1. The second-order valence-corrected chi connectivity index (χ2v) is 6.07. The predicted molar refractivity (Wildman–Crippen MR) is 79.8 cm³/mol. The molecule has 1 atom stereocenters. The van der Waals surface area contributed by atoms with Crippen molar-refractivity contribution >= 4 is 23.6 Å². The highest BCUT2D eigenvalue weighted by atomic mass is 19.1. The van der Waals surface area contributed by atoms with Crippen molar-refractivity contribution in [3.63, 3.8) is 0 Å². The fourth-order valence-electron chi connectivity index (χ4n) is 2.06. The first-order valence-electron chi connectivity index (χ1n) is 7.04. The molecule has 1 fully saturated rings. The summed E-state index contributed by atoms with van der Waals surface area (Å²) in [6.07, 6.45) is -0.871. The largest absolute Gasteiger partial charge is 0.443 e. The maximum absolute atomic E-state index is 12.9. The molecule has 1 aliphatic heterocycles. The summed E-state index contributed by atoms with van der Waals surface area (Å²) in [5.74, 6) is -1.43. The monoisotopic (exact) mass is 323 g/mol. The molecule has 2 N–H and O–H groups in total. The lowest BCUT2D eigenvalue weighted by atomic mass is 10.2. The molecule has 124 valence electrons. The van der Waals surface area contributed by atoms with E-state index < -0.39 is 35.4 Å². The van der Waals surface area contributed by atoms with Gasteiger partial charge in [0.15, 0.2) is 0 Å². The van der Waals surface area contributed by atoms with Crippen LogP contribution in [0.3, 0.4) is 0 Å². The Balaban J connectivity index is 1.98. The highest BCUT2D eigenvalue weighted by Crippen LogP contribution is 2.22. The van der Waals surface area contributed by atoms with Crippen molar-refractivity contribution in [2.45, 2.75) is 38.8 Å². The van der Waals surface area contributed by atoms with E-state index in [9.17, 15) is 18.8 Å². The average molecular weight is 323 g/mol. The Kier molecular flexibility index (Phi) is 4.65. The Morgan fingerprint density at radius 1 is 1.26 bits per heavy atom. The number of amides is 3. The minimum Gasteiger partial charge on any atom is -0.443 e. The van der Waals surface area contributed by atoms with Gasteiger partial charge in [-0.1, -0.05) is 0 Å². The Morgan fingerprint density at radius 2 is 1.87 bits per heavy atom. The molecule has 1 aromatic carbocycles. The van der Waals surface area contributed by atoms with Crippen LogP contribution in [-0.4, -0.2) is 29.6 Å². The van der Waals surface area contributed by atoms with Crippen LogP contribution in [0.15, 0.2) is 24.3 Å². The molecular weight excluding hydrogens is 305 g/mol. The lowest BCUT2D eigenvalue weighted by molar-refractivity contribution is -0.121. The summed E-state index contributed by atoms with van der Waals surface area (Å²) in [5, 5.41) is 0. The van der Waals surface area contributed by atoms with Crippen LogP contribution in [0.1, 0.15) is 27.2 Å². The van der Waals surface area contributed by atoms with Gasteiger partial charge in [-0.2, -0.15) is 0 Å². The first-order valence-corrected chi connectivity index (χ1v) is 7.04. The minimum atomic E-state index is -0.903. The van der Waals surface area contributed by atoms with Gasteiger partial charge in [0.1, 0.15) is 17.5 Å². The summed E-state index contributed by atoms with van der Waals surface area (Å²) in [7, 11) is 0. The fourth-order valence-corrected chi connectivity index (χ4v) is 2.06. The Hall–Kier alpha value is -2.48. The smallest absolute Gasteiger partial charge is 0.422 e. The molecule has 1 heterocycles. The van der Waals surface area contributed by atoms with E-state index in [1.165, 1.54) is 12.1 Å². The van der Waals surface area contributed by atoms with E-state index in [0.717, 1.165) is 17.0 Å². The SMILES string of the molecule is CC(C)(C)OC(=O)NN[C@@H]1CC(=O)N(c2ccc(F)cc2)C1=O. The van der Waals surface area contributed by atoms with Crippen molar-refractivity contribution in [1.29, 1.82) is 0 Å². The summed E-state index contributed by atoms with van der Waals surface area (Å²) < 4.78 is 17.9. The Morgan fingerprint density at radius 3 is 2.43 bits per heavy atom. The van der Waals surface area contributed by atoms with Gasteiger partial charge in [0.05, 0.1) is 12.1 Å². The lowest BCUT2D eigenvalue weighted by Gasteiger charge is -2.21. The van der Waals surface area contributed by atoms with Gasteiger partial charge in [0, 0.05) is 0 Å². The number of nitrogens with zero attached hydrogens (tertiary/aromatic N) is 1. The van der Waals surface area contributed by atoms with Crippen molar-refractivity contribution in [2.24, 2.45) is 0 Å². The molecule has 0 spiro atoms. The second-order valence-electron chi connectivity index (χ2n) is 6.07. The van der Waals surface area contributed by atoms with Crippen molar-refractivity contribution in [1.82, 2.24) is 10.9 Å². The van der Waals surface area contributed by atoms with Gasteiger partial charge in [0.2, 0.25) is 5.91 Å². The molecule has 0 aliphatic carbocycles. The molecule has 2 rings (SSSR count). The molecule has 1 aromatic rings. The van der Waals surface area contributed by atoms with E-state index >= 15 is 0 Å². The number of nitrogens with one attached hydrogen (secondary N) is 2. The average Bonchev–Trinajstić information content (AvgIpc) is 2.71. The molecule has 1 aliphatic rings. The third-order valence-electron chi connectivity index (χ3n) is 2.98. The molecule has 0 saturated carbocycles. The normalized spacial score (nSPS) is 18.3. The molecule has 0 unspecified atom stereocenters. The van der Waals surface area contributed by atoms with Crippen LogP contribution in [0.2, 0.25) is 0 Å². The molecule has 0 aromatic heterocycles. The van der Waals surface area contributed by atoms with Crippen molar-refractivity contribution in [3.8, 4) is 0 Å². The Labute approximate surface area is 132 Å². The highest BCUT2D eigenvalue weighted by Gasteiger charge is 2.39. The molecule has 0 radical (unpaired) electrons. The molecule has 0 bridgehead atoms. The number of benzene rings is 1. The van der Waals surface area contributed by atoms with Crippen LogP contribution in [0, 0.1) is 5.82 Å². The summed E-state index contributed by atoms with van der Waals surface area (Å²) in [4.78, 5) is 36.7. The van der Waals surface area contributed by atoms with Crippen LogP contribution in [0.4, 0.5) is 14.9 Å². The summed E-state index contributed by atoms with van der Waals surface area (Å²) in [6, 6.07) is 4.11. The highest BCUT2D eigenvalue weighted by molar-refractivity contribution is 6.22. The number of rotatable bonds is 3. The zero-order chi connectivity index (χ0) is 17.2. The molecule has 8 heteroatoms. The van der Waals surface area contributed by atoms with Crippen LogP contribution < -0.4 is 15.8 Å². The van der Waals surface area contributed by atoms with E-state index in [-0.39, 0.29) is 12.1 Å². The standard InChI is InChI=1S/C15H18FN3O4/c1-15(2,3)23-14(22)18-17-11-8-12(20)19(13(11)21)10-6-4-9(16)5-7-10/h4-7,11,17H,8H2,1-3H3,(H,18,22)/t11-/m1/s1. The van der Waals surface area contributed by atoms with E-state index in [4.69, 9.17) is 4.74 Å². The van der Waals surface area contributed by atoms with Crippen molar-refractivity contribution in [3.05, 3.63) is 30.1 Å². The first-order chi connectivity index (χ1) is 10.7. The molecular formula is C15H18FN3O4. The Bertz CT molecular complexity index is 625.